The van der Waals surface area contributed by atoms with Gasteiger partial charge in [-0.25, -0.2) is 33.1 Å². The van der Waals surface area contributed by atoms with Crippen molar-refractivity contribution in [1.82, 2.24) is 29.2 Å². The van der Waals surface area contributed by atoms with Crippen LogP contribution in [0.5, 0.6) is 0 Å². The fourth-order valence-electron chi connectivity index (χ4n) is 5.47. The quantitative estimate of drug-likeness (QED) is 0.292. The number of nitrogens with zero attached hydrogens (tertiary/aromatic N) is 6. The number of fused-ring (bicyclic) bond motifs is 1. The lowest BCUT2D eigenvalue weighted by atomic mass is 9.96. The van der Waals surface area contributed by atoms with Crippen molar-refractivity contribution in [2.45, 2.75) is 45.6 Å². The van der Waals surface area contributed by atoms with Gasteiger partial charge in [0.25, 0.3) is 11.5 Å². The average Bonchev–Trinajstić information content (AvgIpc) is 2.95. The monoisotopic (exact) mass is 624 g/mol. The van der Waals surface area contributed by atoms with Crippen molar-refractivity contribution in [3.63, 3.8) is 0 Å². The summed E-state index contributed by atoms with van der Waals surface area (Å²) >= 11 is 6.04. The summed E-state index contributed by atoms with van der Waals surface area (Å²) < 4.78 is 27.0. The highest BCUT2D eigenvalue weighted by Gasteiger charge is 2.28. The number of hydrogen-bond acceptors (Lipinski definition) is 10. The average molecular weight is 625 g/mol. The van der Waals surface area contributed by atoms with Crippen LogP contribution in [0.15, 0.2) is 41.3 Å². The summed E-state index contributed by atoms with van der Waals surface area (Å²) in [5.41, 5.74) is 3.00. The maximum atomic E-state index is 13.7. The van der Waals surface area contributed by atoms with Gasteiger partial charge in [-0.1, -0.05) is 17.7 Å². The zero-order valence-corrected chi connectivity index (χ0v) is 26.1. The van der Waals surface area contributed by atoms with Gasteiger partial charge in [0.15, 0.2) is 5.69 Å². The van der Waals surface area contributed by atoms with Crippen molar-refractivity contribution in [3.05, 3.63) is 80.4 Å². The highest BCUT2D eigenvalue weighted by molar-refractivity contribution is 7.89. The number of piperidine rings is 1. The summed E-state index contributed by atoms with van der Waals surface area (Å²) in [5.74, 6) is 0.400. The second-order valence-corrected chi connectivity index (χ2v) is 13.1. The van der Waals surface area contributed by atoms with E-state index in [4.69, 9.17) is 16.6 Å². The largest absolute Gasteiger partial charge is 0.377 e. The SMILES string of the molecule is Cc1cc([C@@H](C)Nc2ccc(Cl)nc2C(=O)NS(C)(=O)=O)c2nc([C@@H]3CCCN(c4nccc(C)n4)C3)n(C)c(=O)c2c1. The van der Waals surface area contributed by atoms with Crippen molar-refractivity contribution in [1.29, 1.82) is 0 Å². The third kappa shape index (κ3) is 6.62. The van der Waals surface area contributed by atoms with Gasteiger partial charge in [0.1, 0.15) is 11.0 Å². The van der Waals surface area contributed by atoms with E-state index in [1.807, 2.05) is 43.7 Å². The minimum Gasteiger partial charge on any atom is -0.377 e. The molecule has 43 heavy (non-hydrogen) atoms. The van der Waals surface area contributed by atoms with E-state index in [9.17, 15) is 18.0 Å². The Hall–Kier alpha value is -4.10. The Morgan fingerprint density at radius 3 is 2.63 bits per heavy atom. The molecule has 5 rings (SSSR count). The second kappa shape index (κ2) is 11.9. The number of sulfonamides is 1. The molecule has 14 heteroatoms. The van der Waals surface area contributed by atoms with E-state index in [1.165, 1.54) is 6.07 Å². The van der Waals surface area contributed by atoms with E-state index in [1.54, 1.807) is 23.9 Å². The molecule has 1 saturated heterocycles. The van der Waals surface area contributed by atoms with Crippen molar-refractivity contribution < 1.29 is 13.2 Å². The fraction of sp³-hybridized carbons (Fsp3) is 0.379. The molecule has 226 valence electrons. The Morgan fingerprint density at radius 2 is 1.91 bits per heavy atom. The Kier molecular flexibility index (Phi) is 8.39. The number of halogens is 1. The van der Waals surface area contributed by atoms with Crippen molar-refractivity contribution in [2.24, 2.45) is 7.05 Å². The number of nitrogens with one attached hydrogen (secondary N) is 2. The Balaban J connectivity index is 1.54. The Labute approximate surface area is 254 Å². The number of benzene rings is 1. The van der Waals surface area contributed by atoms with E-state index in [0.717, 1.165) is 42.5 Å². The van der Waals surface area contributed by atoms with Crippen LogP contribution in [0.2, 0.25) is 5.15 Å². The van der Waals surface area contributed by atoms with Gasteiger partial charge < -0.3 is 10.2 Å². The first-order valence-corrected chi connectivity index (χ1v) is 16.1. The molecule has 0 unspecified atom stereocenters. The molecule has 3 aromatic heterocycles. The number of carbonyl (C=O) groups is 1. The minimum atomic E-state index is -3.83. The molecule has 1 aliphatic heterocycles. The molecule has 1 aliphatic rings. The van der Waals surface area contributed by atoms with Crippen LogP contribution in [0.3, 0.4) is 0 Å². The maximum absolute atomic E-state index is 13.7. The van der Waals surface area contributed by atoms with E-state index in [0.29, 0.717) is 29.2 Å². The normalized spacial score (nSPS) is 16.2. The summed E-state index contributed by atoms with van der Waals surface area (Å²) in [7, 11) is -2.08. The van der Waals surface area contributed by atoms with Gasteiger partial charge in [-0.15, -0.1) is 0 Å². The second-order valence-electron chi connectivity index (χ2n) is 11.0. The van der Waals surface area contributed by atoms with Crippen molar-refractivity contribution >= 4 is 50.1 Å². The topological polar surface area (TPSA) is 152 Å². The molecular weight excluding hydrogens is 592 g/mol. The summed E-state index contributed by atoms with van der Waals surface area (Å²) in [6.45, 7) is 7.15. The van der Waals surface area contributed by atoms with Gasteiger partial charge in [0, 0.05) is 43.5 Å². The smallest absolute Gasteiger partial charge is 0.285 e. The molecule has 0 radical (unpaired) electrons. The minimum absolute atomic E-state index is 0.0239. The number of carbonyl (C=O) groups excluding carboxylic acids is 1. The maximum Gasteiger partial charge on any atom is 0.285 e. The summed E-state index contributed by atoms with van der Waals surface area (Å²) in [5, 5.41) is 3.77. The van der Waals surface area contributed by atoms with Gasteiger partial charge in [-0.3, -0.25) is 14.2 Å². The number of hydrogen-bond donors (Lipinski definition) is 2. The molecule has 0 aliphatic carbocycles. The summed E-state index contributed by atoms with van der Waals surface area (Å²) in [6.07, 6.45) is 4.39. The number of rotatable bonds is 7. The van der Waals surface area contributed by atoms with Crippen LogP contribution in [0, 0.1) is 13.8 Å². The molecule has 1 fully saturated rings. The molecule has 0 bridgehead atoms. The number of amides is 1. The highest BCUT2D eigenvalue weighted by Crippen LogP contribution is 2.31. The van der Waals surface area contributed by atoms with Gasteiger partial charge in [-0.2, -0.15) is 0 Å². The first-order chi connectivity index (χ1) is 20.3. The van der Waals surface area contributed by atoms with Crippen LogP contribution < -0.4 is 20.5 Å². The van der Waals surface area contributed by atoms with Gasteiger partial charge in [-0.05, 0) is 63.4 Å². The van der Waals surface area contributed by atoms with Gasteiger partial charge in [0.05, 0.1) is 28.9 Å². The third-order valence-corrected chi connectivity index (χ3v) is 8.20. The first-order valence-electron chi connectivity index (χ1n) is 13.8. The lowest BCUT2D eigenvalue weighted by Crippen LogP contribution is -2.38. The van der Waals surface area contributed by atoms with Crippen LogP contribution >= 0.6 is 11.6 Å². The predicted molar refractivity (Wildman–Crippen MR) is 166 cm³/mol. The molecular formula is C29H33ClN8O4S. The lowest BCUT2D eigenvalue weighted by molar-refractivity contribution is 0.0977. The van der Waals surface area contributed by atoms with Crippen molar-refractivity contribution in [2.75, 3.05) is 29.6 Å². The van der Waals surface area contributed by atoms with E-state index in [-0.39, 0.29) is 28.0 Å². The van der Waals surface area contributed by atoms with Crippen LogP contribution in [0.1, 0.15) is 64.9 Å². The number of anilines is 2. The third-order valence-electron chi connectivity index (χ3n) is 7.43. The molecule has 2 N–H and O–H groups in total. The predicted octanol–water partition coefficient (Wildman–Crippen LogP) is 3.64. The van der Waals surface area contributed by atoms with Crippen LogP contribution in [-0.2, 0) is 17.1 Å². The van der Waals surface area contributed by atoms with Gasteiger partial charge in [0.2, 0.25) is 16.0 Å². The van der Waals surface area contributed by atoms with E-state index in [2.05, 4.69) is 25.2 Å². The standard InChI is InChI=1S/C29H33ClN8O4S/c1-16-13-20(18(3)33-22-8-9-23(30)34-25(22)27(39)36-43(5,41)42)24-21(14-16)28(40)37(4)26(35-24)19-7-6-12-38(15-19)29-31-11-10-17(2)32-29/h8-11,13-14,18-19,33H,6-7,12,15H2,1-5H3,(H,36,39)/t18-,19-/m1/s1. The van der Waals surface area contributed by atoms with Crippen LogP contribution in [-0.4, -0.2) is 58.2 Å². The molecule has 4 heterocycles. The zero-order chi connectivity index (χ0) is 31.1. The molecule has 1 aromatic carbocycles. The van der Waals surface area contributed by atoms with Crippen molar-refractivity contribution in [3.8, 4) is 0 Å². The molecule has 4 aromatic rings. The molecule has 0 spiro atoms. The first kappa shape index (κ1) is 30.4. The van der Waals surface area contributed by atoms with E-state index < -0.39 is 22.0 Å². The van der Waals surface area contributed by atoms with Crippen LogP contribution in [0.25, 0.3) is 10.9 Å². The molecule has 1 amide bonds. The van der Waals surface area contributed by atoms with E-state index >= 15 is 0 Å². The fourth-order valence-corrected chi connectivity index (χ4v) is 6.06. The zero-order valence-electron chi connectivity index (χ0n) is 24.5. The summed E-state index contributed by atoms with van der Waals surface area (Å²) in [6, 6.07) is 8.24. The number of aryl methyl sites for hydroxylation is 2. The Morgan fingerprint density at radius 1 is 1.14 bits per heavy atom. The number of pyridine rings is 1. The lowest BCUT2D eigenvalue weighted by Gasteiger charge is -2.33. The van der Waals surface area contributed by atoms with Gasteiger partial charge >= 0.3 is 0 Å². The Bertz CT molecular complexity index is 1900. The highest BCUT2D eigenvalue weighted by atomic mass is 35.5. The molecule has 2 atom stereocenters. The van der Waals surface area contributed by atoms with Crippen LogP contribution in [0.4, 0.5) is 11.6 Å². The summed E-state index contributed by atoms with van der Waals surface area (Å²) in [4.78, 5) is 46.8. The molecule has 12 nitrogen and oxygen atoms in total. The number of aromatic nitrogens is 5. The molecule has 0 saturated carbocycles.